The van der Waals surface area contributed by atoms with Gasteiger partial charge in [-0.25, -0.2) is 0 Å². The standard InChI is InChI=1S/C15H20BrNO/c1-11-5-4-7-12(9-11)15(18)17-10-13-6-2-3-8-14(13)16/h4-5,7,9,13-14H,2-3,6,8,10H2,1H3,(H,17,18). The van der Waals surface area contributed by atoms with E-state index in [2.05, 4.69) is 21.2 Å². The maximum atomic E-state index is 12.0. The highest BCUT2D eigenvalue weighted by molar-refractivity contribution is 9.09. The molecule has 0 heterocycles. The Balaban J connectivity index is 1.88. The van der Waals surface area contributed by atoms with Gasteiger partial charge < -0.3 is 5.32 Å². The first-order valence-corrected chi connectivity index (χ1v) is 7.57. The maximum absolute atomic E-state index is 12.0. The highest BCUT2D eigenvalue weighted by Gasteiger charge is 2.23. The van der Waals surface area contributed by atoms with Crippen molar-refractivity contribution in [1.29, 1.82) is 0 Å². The molecule has 2 rings (SSSR count). The van der Waals surface area contributed by atoms with E-state index in [0.29, 0.717) is 10.7 Å². The third-order valence-corrected chi connectivity index (χ3v) is 4.83. The normalized spacial score (nSPS) is 23.7. The largest absolute Gasteiger partial charge is 0.352 e. The molecule has 98 valence electrons. The van der Waals surface area contributed by atoms with Crippen molar-refractivity contribution in [2.75, 3.05) is 6.54 Å². The van der Waals surface area contributed by atoms with Gasteiger partial charge in [-0.2, -0.15) is 0 Å². The average molecular weight is 310 g/mol. The molecule has 0 aromatic heterocycles. The zero-order valence-electron chi connectivity index (χ0n) is 10.8. The summed E-state index contributed by atoms with van der Waals surface area (Å²) in [7, 11) is 0. The minimum absolute atomic E-state index is 0.0453. The van der Waals surface area contributed by atoms with Gasteiger partial charge in [-0.1, -0.05) is 46.5 Å². The minimum Gasteiger partial charge on any atom is -0.352 e. The van der Waals surface area contributed by atoms with E-state index in [1.807, 2.05) is 31.2 Å². The van der Waals surface area contributed by atoms with Crippen LogP contribution in [0.5, 0.6) is 0 Å². The van der Waals surface area contributed by atoms with Crippen molar-refractivity contribution in [1.82, 2.24) is 5.32 Å². The van der Waals surface area contributed by atoms with Crippen molar-refractivity contribution in [3.05, 3.63) is 35.4 Å². The van der Waals surface area contributed by atoms with E-state index in [0.717, 1.165) is 17.7 Å². The lowest BCUT2D eigenvalue weighted by Crippen LogP contribution is -2.34. The van der Waals surface area contributed by atoms with Crippen molar-refractivity contribution >= 4 is 21.8 Å². The van der Waals surface area contributed by atoms with E-state index in [1.165, 1.54) is 25.7 Å². The van der Waals surface area contributed by atoms with Gasteiger partial charge in [0, 0.05) is 16.9 Å². The lowest BCUT2D eigenvalue weighted by Gasteiger charge is -2.27. The summed E-state index contributed by atoms with van der Waals surface area (Å²) in [6.45, 7) is 2.79. The Bertz CT molecular complexity index is 419. The molecule has 2 nitrogen and oxygen atoms in total. The van der Waals surface area contributed by atoms with Crippen molar-refractivity contribution in [3.8, 4) is 0 Å². The summed E-state index contributed by atoms with van der Waals surface area (Å²) in [5.41, 5.74) is 1.88. The second-order valence-corrected chi connectivity index (χ2v) is 6.32. The first kappa shape index (κ1) is 13.6. The number of halogens is 1. The summed E-state index contributed by atoms with van der Waals surface area (Å²) < 4.78 is 0. The van der Waals surface area contributed by atoms with Crippen LogP contribution in [-0.4, -0.2) is 17.3 Å². The number of amides is 1. The summed E-state index contributed by atoms with van der Waals surface area (Å²) >= 11 is 3.72. The summed E-state index contributed by atoms with van der Waals surface area (Å²) in [4.78, 5) is 12.6. The number of hydrogen-bond acceptors (Lipinski definition) is 1. The lowest BCUT2D eigenvalue weighted by atomic mass is 9.89. The molecule has 1 aliphatic carbocycles. The number of nitrogens with one attached hydrogen (secondary N) is 1. The van der Waals surface area contributed by atoms with Crippen molar-refractivity contribution in [2.45, 2.75) is 37.4 Å². The van der Waals surface area contributed by atoms with Crippen molar-refractivity contribution in [2.24, 2.45) is 5.92 Å². The van der Waals surface area contributed by atoms with Gasteiger partial charge in [0.25, 0.3) is 5.91 Å². The van der Waals surface area contributed by atoms with Gasteiger partial charge in [0.05, 0.1) is 0 Å². The highest BCUT2D eigenvalue weighted by Crippen LogP contribution is 2.29. The van der Waals surface area contributed by atoms with Crippen LogP contribution in [0.25, 0.3) is 0 Å². The molecule has 2 unspecified atom stereocenters. The van der Waals surface area contributed by atoms with Crippen LogP contribution >= 0.6 is 15.9 Å². The quantitative estimate of drug-likeness (QED) is 0.848. The van der Waals surface area contributed by atoms with Gasteiger partial charge in [0.1, 0.15) is 0 Å². The Morgan fingerprint density at radius 2 is 2.17 bits per heavy atom. The Morgan fingerprint density at radius 1 is 1.39 bits per heavy atom. The fraction of sp³-hybridized carbons (Fsp3) is 0.533. The van der Waals surface area contributed by atoms with Crippen LogP contribution in [0.3, 0.4) is 0 Å². The summed E-state index contributed by atoms with van der Waals surface area (Å²) in [6.07, 6.45) is 5.03. The highest BCUT2D eigenvalue weighted by atomic mass is 79.9. The predicted octanol–water partition coefficient (Wildman–Crippen LogP) is 3.68. The van der Waals surface area contributed by atoms with Crippen LogP contribution in [0.15, 0.2) is 24.3 Å². The van der Waals surface area contributed by atoms with E-state index < -0.39 is 0 Å². The second kappa shape index (κ2) is 6.37. The third kappa shape index (κ3) is 3.58. The molecule has 0 bridgehead atoms. The molecular formula is C15H20BrNO. The fourth-order valence-corrected chi connectivity index (χ4v) is 3.28. The second-order valence-electron chi connectivity index (χ2n) is 5.14. The van der Waals surface area contributed by atoms with Gasteiger partial charge in [-0.05, 0) is 37.8 Å². The van der Waals surface area contributed by atoms with E-state index >= 15 is 0 Å². The summed E-state index contributed by atoms with van der Waals surface area (Å²) in [5.74, 6) is 0.622. The number of rotatable bonds is 3. The van der Waals surface area contributed by atoms with E-state index in [9.17, 15) is 4.79 Å². The van der Waals surface area contributed by atoms with Crippen LogP contribution in [0.4, 0.5) is 0 Å². The Hall–Kier alpha value is -0.830. The SMILES string of the molecule is Cc1cccc(C(=O)NCC2CCCCC2Br)c1. The van der Waals surface area contributed by atoms with Crippen LogP contribution in [0.1, 0.15) is 41.6 Å². The van der Waals surface area contributed by atoms with E-state index in [1.54, 1.807) is 0 Å². The molecule has 3 heteroatoms. The number of hydrogen-bond donors (Lipinski definition) is 1. The van der Waals surface area contributed by atoms with Crippen LogP contribution in [-0.2, 0) is 0 Å². The molecular weight excluding hydrogens is 290 g/mol. The number of carbonyl (C=O) groups is 1. The van der Waals surface area contributed by atoms with Gasteiger partial charge in [0.15, 0.2) is 0 Å². The number of carbonyl (C=O) groups excluding carboxylic acids is 1. The molecule has 1 aromatic carbocycles. The zero-order valence-corrected chi connectivity index (χ0v) is 12.4. The molecule has 1 saturated carbocycles. The number of benzene rings is 1. The summed E-state index contributed by atoms with van der Waals surface area (Å²) in [5, 5.41) is 3.06. The van der Waals surface area contributed by atoms with Crippen molar-refractivity contribution < 1.29 is 4.79 Å². The Kier molecular flexibility index (Phi) is 4.81. The molecule has 18 heavy (non-hydrogen) atoms. The molecule has 1 amide bonds. The zero-order chi connectivity index (χ0) is 13.0. The van der Waals surface area contributed by atoms with Gasteiger partial charge in [-0.3, -0.25) is 4.79 Å². The van der Waals surface area contributed by atoms with Gasteiger partial charge in [0.2, 0.25) is 0 Å². The third-order valence-electron chi connectivity index (χ3n) is 3.62. The van der Waals surface area contributed by atoms with Gasteiger partial charge >= 0.3 is 0 Å². The first-order chi connectivity index (χ1) is 8.66. The maximum Gasteiger partial charge on any atom is 0.251 e. The monoisotopic (exact) mass is 309 g/mol. The number of aryl methyl sites for hydroxylation is 1. The minimum atomic E-state index is 0.0453. The average Bonchev–Trinajstić information content (AvgIpc) is 2.37. The molecule has 2 atom stereocenters. The number of alkyl halides is 1. The first-order valence-electron chi connectivity index (χ1n) is 6.66. The molecule has 0 radical (unpaired) electrons. The van der Waals surface area contributed by atoms with Gasteiger partial charge in [-0.15, -0.1) is 0 Å². The topological polar surface area (TPSA) is 29.1 Å². The Morgan fingerprint density at radius 3 is 2.89 bits per heavy atom. The summed E-state index contributed by atoms with van der Waals surface area (Å²) in [6, 6.07) is 7.74. The van der Waals surface area contributed by atoms with Crippen LogP contribution < -0.4 is 5.32 Å². The molecule has 1 aliphatic rings. The lowest BCUT2D eigenvalue weighted by molar-refractivity contribution is 0.0944. The molecule has 0 saturated heterocycles. The molecule has 1 N–H and O–H groups in total. The van der Waals surface area contributed by atoms with E-state index in [-0.39, 0.29) is 5.91 Å². The van der Waals surface area contributed by atoms with Crippen molar-refractivity contribution in [3.63, 3.8) is 0 Å². The van der Waals surface area contributed by atoms with E-state index in [4.69, 9.17) is 0 Å². The molecule has 1 fully saturated rings. The smallest absolute Gasteiger partial charge is 0.251 e. The molecule has 0 aliphatic heterocycles. The molecule has 0 spiro atoms. The fourth-order valence-electron chi connectivity index (χ4n) is 2.50. The Labute approximate surface area is 117 Å². The molecule has 1 aromatic rings. The predicted molar refractivity (Wildman–Crippen MR) is 78.2 cm³/mol. The van der Waals surface area contributed by atoms with Crippen LogP contribution in [0, 0.1) is 12.8 Å². The van der Waals surface area contributed by atoms with Crippen LogP contribution in [0.2, 0.25) is 0 Å².